The number of aliphatic hydroxyl groups excluding tert-OH is 6. The summed E-state index contributed by atoms with van der Waals surface area (Å²) in [6.45, 7) is 3.30. The molecule has 8 atom stereocenters. The number of rotatable bonds is 6. The zero-order valence-electron chi connectivity index (χ0n) is 30.6. The Morgan fingerprint density at radius 2 is 0.842 bits per heavy atom. The van der Waals surface area contributed by atoms with E-state index < -0.39 is 48.7 Å². The van der Waals surface area contributed by atoms with Crippen LogP contribution >= 0.6 is 0 Å². The predicted octanol–water partition coefficient (Wildman–Crippen LogP) is 2.57. The normalized spacial score (nSPS) is 26.8. The molecule has 8 rings (SSSR count). The van der Waals surface area contributed by atoms with Gasteiger partial charge in [0, 0.05) is 58.6 Å². The van der Waals surface area contributed by atoms with Crippen LogP contribution in [0.15, 0.2) is 108 Å². The highest BCUT2D eigenvalue weighted by molar-refractivity contribution is 6.23. The summed E-state index contributed by atoms with van der Waals surface area (Å²) in [5.41, 5.74) is 7.29. The fourth-order valence-corrected chi connectivity index (χ4v) is 7.86. The summed E-state index contributed by atoms with van der Waals surface area (Å²) < 4.78 is 0. The highest BCUT2D eigenvalue weighted by Crippen LogP contribution is 2.39. The van der Waals surface area contributed by atoms with E-state index in [4.69, 9.17) is 0 Å². The summed E-state index contributed by atoms with van der Waals surface area (Å²) in [5, 5.41) is 65.4. The lowest BCUT2D eigenvalue weighted by atomic mass is 9.92. The molecule has 2 heterocycles. The van der Waals surface area contributed by atoms with Crippen molar-refractivity contribution in [3.05, 3.63) is 142 Å². The number of hydrogen-bond acceptors (Lipinski definition) is 12. The second-order valence-corrected chi connectivity index (χ2v) is 14.6. The van der Waals surface area contributed by atoms with E-state index in [1.807, 2.05) is 60.7 Å². The van der Waals surface area contributed by atoms with Gasteiger partial charge in [0.05, 0.1) is 12.1 Å². The van der Waals surface area contributed by atoms with Crippen LogP contribution in [0.3, 0.4) is 0 Å². The molecular weight excluding hydrogens is 728 g/mol. The topological polar surface area (TPSA) is 214 Å². The Hall–Kier alpha value is -5.60. The van der Waals surface area contributed by atoms with Gasteiger partial charge in [-0.1, -0.05) is 92.4 Å². The Morgan fingerprint density at radius 1 is 0.509 bits per heavy atom. The smallest absolute Gasteiger partial charge is 0.194 e. The van der Waals surface area contributed by atoms with Crippen molar-refractivity contribution >= 4 is 23.1 Å². The maximum atomic E-state index is 12.8. The van der Waals surface area contributed by atoms with Crippen molar-refractivity contribution in [2.24, 2.45) is 0 Å². The summed E-state index contributed by atoms with van der Waals surface area (Å²) >= 11 is 0. The Morgan fingerprint density at radius 3 is 1.21 bits per heavy atom. The summed E-state index contributed by atoms with van der Waals surface area (Å²) in [4.78, 5) is 50.9. The molecule has 4 aliphatic rings. The van der Waals surface area contributed by atoms with Crippen molar-refractivity contribution in [3.8, 4) is 22.3 Å². The lowest BCUT2D eigenvalue weighted by molar-refractivity contribution is -0.115. The maximum Gasteiger partial charge on any atom is 0.194 e. The average molecular weight is 775 g/mol. The number of hydrogen-bond donors (Lipinski definition) is 8. The van der Waals surface area contributed by atoms with E-state index in [0.29, 0.717) is 33.4 Å². The molecule has 4 aromatic carbocycles. The fraction of sp³-hybridized carbons (Fsp3) is 0.289. The lowest BCUT2D eigenvalue weighted by Crippen LogP contribution is -2.57. The molecule has 8 N–H and O–H groups in total. The van der Waals surface area contributed by atoms with Gasteiger partial charge < -0.3 is 41.3 Å². The number of carbonyl (C=O) groups is 4. The van der Waals surface area contributed by atoms with Crippen LogP contribution in [0.2, 0.25) is 0 Å². The molecule has 2 saturated heterocycles. The zero-order valence-corrected chi connectivity index (χ0v) is 30.6. The molecule has 0 saturated carbocycles. The molecule has 12 nitrogen and oxygen atoms in total. The summed E-state index contributed by atoms with van der Waals surface area (Å²) in [6.07, 6.45) is -5.28. The van der Waals surface area contributed by atoms with E-state index >= 15 is 0 Å². The van der Waals surface area contributed by atoms with Crippen molar-refractivity contribution in [2.75, 3.05) is 0 Å². The number of carbonyl (C=O) groups excluding carboxylic acids is 4. The molecule has 57 heavy (non-hydrogen) atoms. The second-order valence-electron chi connectivity index (χ2n) is 14.6. The molecule has 2 aliphatic carbocycles. The van der Waals surface area contributed by atoms with E-state index in [9.17, 15) is 49.8 Å². The molecule has 0 aromatic heterocycles. The molecule has 0 spiro atoms. The number of allylic oxidation sites excluding steroid dienone is 2. The summed E-state index contributed by atoms with van der Waals surface area (Å²) in [5.74, 6) is -0.807. The Balaban J connectivity index is 0.000000189. The SMILES string of the molecule is C.C[C@@H]1N/C(=C/C(=O)Cc2cccc3c2C(=O)c2ccccc2-3)[C@@H](O)[C@H](O)[C@@H]1O.C[C@@H]1N/C(=C\C(=O)Cc2cccc3c2C(=O)c2ccccc2-3)[C@@H](O)[C@H](O)[C@@H]1O. The molecule has 0 unspecified atom stereocenters. The van der Waals surface area contributed by atoms with Crippen LogP contribution in [0.1, 0.15) is 64.2 Å². The molecule has 2 aliphatic heterocycles. The Bertz CT molecular complexity index is 2150. The molecule has 12 heteroatoms. The van der Waals surface area contributed by atoms with E-state index in [0.717, 1.165) is 22.3 Å². The molecule has 0 amide bonds. The van der Waals surface area contributed by atoms with Gasteiger partial charge >= 0.3 is 0 Å². The largest absolute Gasteiger partial charge is 0.388 e. The maximum absolute atomic E-state index is 12.8. The van der Waals surface area contributed by atoms with E-state index in [1.54, 1.807) is 38.1 Å². The molecular formula is C45H46N2O10. The van der Waals surface area contributed by atoms with Gasteiger partial charge in [-0.15, -0.1) is 0 Å². The second kappa shape index (κ2) is 16.5. The van der Waals surface area contributed by atoms with Crippen LogP contribution in [0.4, 0.5) is 0 Å². The first kappa shape index (κ1) is 41.0. The predicted molar refractivity (Wildman–Crippen MR) is 212 cm³/mol. The minimum Gasteiger partial charge on any atom is -0.388 e. The Labute approximate surface area is 329 Å². The lowest BCUT2D eigenvalue weighted by Gasteiger charge is -2.36. The van der Waals surface area contributed by atoms with Gasteiger partial charge in [0.2, 0.25) is 0 Å². The monoisotopic (exact) mass is 774 g/mol. The quantitative estimate of drug-likeness (QED) is 0.115. The van der Waals surface area contributed by atoms with Crippen LogP contribution in [0.25, 0.3) is 22.3 Å². The van der Waals surface area contributed by atoms with E-state index in [2.05, 4.69) is 10.6 Å². The molecule has 2 fully saturated rings. The van der Waals surface area contributed by atoms with Gasteiger partial charge in [0.15, 0.2) is 23.1 Å². The van der Waals surface area contributed by atoms with Gasteiger partial charge in [0.25, 0.3) is 0 Å². The van der Waals surface area contributed by atoms with Crippen LogP contribution in [-0.2, 0) is 22.4 Å². The number of ketones is 4. The third-order valence-corrected chi connectivity index (χ3v) is 10.8. The summed E-state index contributed by atoms with van der Waals surface area (Å²) in [6, 6.07) is 24.6. The fourth-order valence-electron chi connectivity index (χ4n) is 7.86. The van der Waals surface area contributed by atoms with Crippen molar-refractivity contribution in [3.63, 3.8) is 0 Å². The molecule has 296 valence electrons. The number of benzene rings is 4. The first-order chi connectivity index (χ1) is 26.8. The number of fused-ring (bicyclic) bond motifs is 6. The van der Waals surface area contributed by atoms with Crippen molar-refractivity contribution in [2.45, 2.75) is 82.8 Å². The first-order valence-corrected chi connectivity index (χ1v) is 18.4. The number of piperidine rings is 2. The van der Waals surface area contributed by atoms with E-state index in [-0.39, 0.29) is 54.8 Å². The van der Waals surface area contributed by atoms with Gasteiger partial charge in [-0.05, 0) is 47.2 Å². The zero-order chi connectivity index (χ0) is 40.0. The number of aliphatic hydroxyl groups is 6. The van der Waals surface area contributed by atoms with Crippen LogP contribution in [-0.4, -0.2) is 102 Å². The third kappa shape index (κ3) is 7.63. The van der Waals surface area contributed by atoms with Crippen LogP contribution < -0.4 is 10.6 Å². The van der Waals surface area contributed by atoms with Crippen molar-refractivity contribution in [1.82, 2.24) is 10.6 Å². The highest BCUT2D eigenvalue weighted by Gasteiger charge is 2.39. The molecule has 0 radical (unpaired) electrons. The first-order valence-electron chi connectivity index (χ1n) is 18.4. The van der Waals surface area contributed by atoms with Gasteiger partial charge in [-0.2, -0.15) is 0 Å². The van der Waals surface area contributed by atoms with Crippen molar-refractivity contribution in [1.29, 1.82) is 0 Å². The highest BCUT2D eigenvalue weighted by atomic mass is 16.4. The van der Waals surface area contributed by atoms with Gasteiger partial charge in [0.1, 0.15) is 36.6 Å². The van der Waals surface area contributed by atoms with Crippen molar-refractivity contribution < 1.29 is 49.8 Å². The third-order valence-electron chi connectivity index (χ3n) is 10.8. The van der Waals surface area contributed by atoms with Crippen LogP contribution in [0.5, 0.6) is 0 Å². The van der Waals surface area contributed by atoms with Gasteiger partial charge in [-0.25, -0.2) is 0 Å². The average Bonchev–Trinajstić information content (AvgIpc) is 3.66. The summed E-state index contributed by atoms with van der Waals surface area (Å²) in [7, 11) is 0. The minimum absolute atomic E-state index is 0. The Kier molecular flexibility index (Phi) is 11.9. The molecule has 4 aromatic rings. The standard InChI is InChI=1S/2C22H21NO5.CH4/c2*1-11-19(25)22(28)21(27)17(23-11)10-13(24)9-12-5-4-8-15-14-6-2-3-7-16(14)20(26)18(12)15;/h2*2-8,10-11,19,21-23,25,27-28H,9H2,1H3;1H4/b17-10+;17-10-;/t2*11-,19+,21+,22+;/m00./s1. The van der Waals surface area contributed by atoms with Gasteiger partial charge in [-0.3, -0.25) is 19.2 Å². The number of nitrogens with one attached hydrogen (secondary N) is 2. The minimum atomic E-state index is -1.37. The van der Waals surface area contributed by atoms with E-state index in [1.165, 1.54) is 12.2 Å². The molecule has 0 bridgehead atoms. The van der Waals surface area contributed by atoms with Crippen LogP contribution in [0, 0.1) is 0 Å².